The van der Waals surface area contributed by atoms with Crippen molar-refractivity contribution in [3.05, 3.63) is 59.7 Å². The Labute approximate surface area is 137 Å². The van der Waals surface area contributed by atoms with Gasteiger partial charge in [-0.15, -0.1) is 0 Å². The monoisotopic (exact) mass is 332 g/mol. The van der Waals surface area contributed by atoms with E-state index >= 15 is 0 Å². The van der Waals surface area contributed by atoms with Crippen LogP contribution >= 0.6 is 0 Å². The molecule has 0 amide bonds. The van der Waals surface area contributed by atoms with Gasteiger partial charge < -0.3 is 4.74 Å². The van der Waals surface area contributed by atoms with E-state index in [0.717, 1.165) is 30.4 Å². The fourth-order valence-corrected chi connectivity index (χ4v) is 3.62. The third-order valence-corrected chi connectivity index (χ3v) is 5.32. The van der Waals surface area contributed by atoms with Crippen molar-refractivity contribution in [1.29, 1.82) is 0 Å². The van der Waals surface area contributed by atoms with Crippen LogP contribution in [0.4, 0.5) is 0 Å². The molecule has 0 aromatic heterocycles. The summed E-state index contributed by atoms with van der Waals surface area (Å²) in [6.07, 6.45) is 2.42. The third kappa shape index (κ3) is 3.92. The standard InChI is InChI=1S/C18H20O4S/c1-14-10-11-18(23(19,20)22-16-8-5-9-16)17(12-14)21-13-15-6-3-2-4-7-15/h2-4,6-7,10-12,16H,5,8-9,13H2,1H3. The van der Waals surface area contributed by atoms with Crippen LogP contribution in [0, 0.1) is 6.92 Å². The van der Waals surface area contributed by atoms with E-state index in [1.807, 2.05) is 37.3 Å². The molecular weight excluding hydrogens is 312 g/mol. The number of aryl methyl sites for hydroxylation is 1. The Morgan fingerprint density at radius 1 is 1.09 bits per heavy atom. The van der Waals surface area contributed by atoms with Crippen LogP contribution in [0.5, 0.6) is 5.75 Å². The first-order valence-electron chi connectivity index (χ1n) is 7.75. The van der Waals surface area contributed by atoms with Gasteiger partial charge in [0.05, 0.1) is 6.10 Å². The van der Waals surface area contributed by atoms with Crippen molar-refractivity contribution >= 4 is 10.1 Å². The zero-order valence-electron chi connectivity index (χ0n) is 13.1. The van der Waals surface area contributed by atoms with Crippen molar-refractivity contribution < 1.29 is 17.3 Å². The Morgan fingerprint density at radius 3 is 2.48 bits per heavy atom. The van der Waals surface area contributed by atoms with Crippen molar-refractivity contribution in [3.8, 4) is 5.75 Å². The molecule has 1 fully saturated rings. The molecule has 3 rings (SSSR count). The third-order valence-electron chi connectivity index (χ3n) is 3.92. The molecule has 122 valence electrons. The number of rotatable bonds is 6. The summed E-state index contributed by atoms with van der Waals surface area (Å²) in [4.78, 5) is 0.103. The second-order valence-corrected chi connectivity index (χ2v) is 7.37. The van der Waals surface area contributed by atoms with Gasteiger partial charge in [-0.05, 0) is 49.4 Å². The molecule has 2 aromatic rings. The van der Waals surface area contributed by atoms with Crippen LogP contribution in [0.1, 0.15) is 30.4 Å². The molecule has 1 aliphatic carbocycles. The van der Waals surface area contributed by atoms with E-state index in [1.165, 1.54) is 0 Å². The van der Waals surface area contributed by atoms with Crippen LogP contribution in [0.2, 0.25) is 0 Å². The molecular formula is C18H20O4S. The van der Waals surface area contributed by atoms with E-state index < -0.39 is 10.1 Å². The van der Waals surface area contributed by atoms with E-state index in [-0.39, 0.29) is 11.0 Å². The lowest BCUT2D eigenvalue weighted by molar-refractivity contribution is 0.127. The van der Waals surface area contributed by atoms with Gasteiger partial charge in [-0.2, -0.15) is 8.42 Å². The van der Waals surface area contributed by atoms with E-state index in [0.29, 0.717) is 12.4 Å². The van der Waals surface area contributed by atoms with Gasteiger partial charge in [-0.1, -0.05) is 36.4 Å². The molecule has 0 saturated heterocycles. The summed E-state index contributed by atoms with van der Waals surface area (Å²) >= 11 is 0. The molecule has 0 spiro atoms. The number of benzene rings is 2. The lowest BCUT2D eigenvalue weighted by atomic mass is 9.97. The van der Waals surface area contributed by atoms with Gasteiger partial charge in [0.15, 0.2) is 0 Å². The molecule has 0 bridgehead atoms. The highest BCUT2D eigenvalue weighted by Gasteiger charge is 2.28. The Bertz CT molecular complexity index is 765. The summed E-state index contributed by atoms with van der Waals surface area (Å²) in [6, 6.07) is 14.7. The largest absolute Gasteiger partial charge is 0.487 e. The van der Waals surface area contributed by atoms with Crippen molar-refractivity contribution in [1.82, 2.24) is 0 Å². The second kappa shape index (κ2) is 6.72. The molecule has 0 aliphatic heterocycles. The molecule has 23 heavy (non-hydrogen) atoms. The van der Waals surface area contributed by atoms with Crippen LogP contribution in [0.3, 0.4) is 0 Å². The average Bonchev–Trinajstić information content (AvgIpc) is 2.50. The Balaban J connectivity index is 1.82. The van der Waals surface area contributed by atoms with Gasteiger partial charge >= 0.3 is 10.1 Å². The first kappa shape index (κ1) is 16.0. The maximum Gasteiger partial charge on any atom is 0.300 e. The van der Waals surface area contributed by atoms with Crippen molar-refractivity contribution in [3.63, 3.8) is 0 Å². The van der Waals surface area contributed by atoms with Crippen molar-refractivity contribution in [2.45, 2.75) is 43.8 Å². The lowest BCUT2D eigenvalue weighted by Gasteiger charge is -2.25. The minimum absolute atomic E-state index is 0.103. The summed E-state index contributed by atoms with van der Waals surface area (Å²) in [5.74, 6) is 0.341. The van der Waals surface area contributed by atoms with Crippen molar-refractivity contribution in [2.24, 2.45) is 0 Å². The number of hydrogen-bond donors (Lipinski definition) is 0. The van der Waals surface area contributed by atoms with E-state index in [2.05, 4.69) is 0 Å². The van der Waals surface area contributed by atoms with E-state index in [4.69, 9.17) is 8.92 Å². The highest BCUT2D eigenvalue weighted by atomic mass is 32.2. The Morgan fingerprint density at radius 2 is 1.83 bits per heavy atom. The van der Waals surface area contributed by atoms with Crippen LogP contribution in [0.25, 0.3) is 0 Å². The predicted molar refractivity (Wildman–Crippen MR) is 87.9 cm³/mol. The van der Waals surface area contributed by atoms with E-state index in [1.54, 1.807) is 18.2 Å². The summed E-state index contributed by atoms with van der Waals surface area (Å²) in [6.45, 7) is 2.22. The Hall–Kier alpha value is -1.85. The molecule has 2 aromatic carbocycles. The molecule has 0 atom stereocenters. The first-order chi connectivity index (χ1) is 11.0. The molecule has 0 unspecified atom stereocenters. The quantitative estimate of drug-likeness (QED) is 0.754. The molecule has 1 aliphatic rings. The molecule has 1 saturated carbocycles. The first-order valence-corrected chi connectivity index (χ1v) is 9.16. The van der Waals surface area contributed by atoms with Gasteiger partial charge in [0, 0.05) is 0 Å². The number of ether oxygens (including phenoxy) is 1. The van der Waals surface area contributed by atoms with E-state index in [9.17, 15) is 8.42 Å². The predicted octanol–water partition coefficient (Wildman–Crippen LogP) is 3.83. The fraction of sp³-hybridized carbons (Fsp3) is 0.333. The van der Waals surface area contributed by atoms with Crippen LogP contribution < -0.4 is 4.74 Å². The molecule has 0 N–H and O–H groups in total. The van der Waals surface area contributed by atoms with Crippen molar-refractivity contribution in [2.75, 3.05) is 0 Å². The highest BCUT2D eigenvalue weighted by molar-refractivity contribution is 7.86. The number of hydrogen-bond acceptors (Lipinski definition) is 4. The highest BCUT2D eigenvalue weighted by Crippen LogP contribution is 2.31. The zero-order chi connectivity index (χ0) is 16.3. The van der Waals surface area contributed by atoms with Crippen LogP contribution in [-0.2, 0) is 20.9 Å². The molecule has 4 nitrogen and oxygen atoms in total. The fourth-order valence-electron chi connectivity index (χ4n) is 2.37. The zero-order valence-corrected chi connectivity index (χ0v) is 13.9. The van der Waals surface area contributed by atoms with Crippen LogP contribution in [-0.4, -0.2) is 14.5 Å². The molecule has 0 radical (unpaired) electrons. The Kier molecular flexibility index (Phi) is 4.68. The SMILES string of the molecule is Cc1ccc(S(=O)(=O)OC2CCC2)c(OCc2ccccc2)c1. The van der Waals surface area contributed by atoms with Crippen LogP contribution in [0.15, 0.2) is 53.4 Å². The smallest absolute Gasteiger partial charge is 0.300 e. The summed E-state index contributed by atoms with van der Waals surface area (Å²) < 4.78 is 36.0. The minimum Gasteiger partial charge on any atom is -0.487 e. The van der Waals surface area contributed by atoms with Gasteiger partial charge in [0.25, 0.3) is 0 Å². The van der Waals surface area contributed by atoms with Gasteiger partial charge in [-0.3, -0.25) is 4.18 Å². The second-order valence-electron chi connectivity index (χ2n) is 5.83. The topological polar surface area (TPSA) is 52.6 Å². The normalized spacial score (nSPS) is 15.2. The van der Waals surface area contributed by atoms with Gasteiger partial charge in [0.1, 0.15) is 17.3 Å². The summed E-state index contributed by atoms with van der Waals surface area (Å²) in [7, 11) is -3.80. The molecule has 0 heterocycles. The molecule has 5 heteroatoms. The average molecular weight is 332 g/mol. The maximum atomic E-state index is 12.5. The lowest BCUT2D eigenvalue weighted by Crippen LogP contribution is -2.25. The van der Waals surface area contributed by atoms with Gasteiger partial charge in [-0.25, -0.2) is 0 Å². The van der Waals surface area contributed by atoms with Gasteiger partial charge in [0.2, 0.25) is 0 Å². The maximum absolute atomic E-state index is 12.5. The summed E-state index contributed by atoms with van der Waals surface area (Å²) in [5.41, 5.74) is 1.92. The summed E-state index contributed by atoms with van der Waals surface area (Å²) in [5, 5.41) is 0. The minimum atomic E-state index is -3.80.